The third kappa shape index (κ3) is 4.08. The standard InChI is InChI=1S/C18H20FN3O2/c19-16-4-2-1-3-14(16)6-5-13-7-9-22(10-8-13)12-15-11-20-18(24)21-17(15)23/h1-6,11,13H,7-10,12H2,(H2,20,21,23,24). The summed E-state index contributed by atoms with van der Waals surface area (Å²) in [6.07, 6.45) is 7.33. The van der Waals surface area contributed by atoms with Gasteiger partial charge in [0.2, 0.25) is 0 Å². The van der Waals surface area contributed by atoms with E-state index in [0.29, 0.717) is 23.6 Å². The number of aromatic nitrogens is 2. The first-order chi connectivity index (χ1) is 11.6. The fraction of sp³-hybridized carbons (Fsp3) is 0.333. The summed E-state index contributed by atoms with van der Waals surface area (Å²) in [5, 5.41) is 0. The molecule has 1 aromatic heterocycles. The monoisotopic (exact) mass is 329 g/mol. The summed E-state index contributed by atoms with van der Waals surface area (Å²) < 4.78 is 13.6. The minimum absolute atomic E-state index is 0.205. The van der Waals surface area contributed by atoms with E-state index in [1.165, 1.54) is 12.3 Å². The van der Waals surface area contributed by atoms with Crippen molar-refractivity contribution in [2.45, 2.75) is 19.4 Å². The molecule has 5 nitrogen and oxygen atoms in total. The Morgan fingerprint density at radius 1 is 1.21 bits per heavy atom. The quantitative estimate of drug-likeness (QED) is 0.903. The van der Waals surface area contributed by atoms with Gasteiger partial charge in [0.05, 0.1) is 0 Å². The molecule has 0 unspecified atom stereocenters. The second-order valence-corrected chi connectivity index (χ2v) is 6.09. The molecular weight excluding hydrogens is 309 g/mol. The highest BCUT2D eigenvalue weighted by Gasteiger charge is 2.18. The third-order valence-corrected chi connectivity index (χ3v) is 4.38. The maximum atomic E-state index is 13.6. The first kappa shape index (κ1) is 16.4. The molecule has 0 saturated carbocycles. The molecule has 1 saturated heterocycles. The van der Waals surface area contributed by atoms with Gasteiger partial charge < -0.3 is 4.98 Å². The van der Waals surface area contributed by atoms with Crippen LogP contribution in [-0.4, -0.2) is 28.0 Å². The average Bonchev–Trinajstić information content (AvgIpc) is 2.58. The summed E-state index contributed by atoms with van der Waals surface area (Å²) in [5.41, 5.74) is 0.357. The van der Waals surface area contributed by atoms with Gasteiger partial charge in [-0.25, -0.2) is 9.18 Å². The third-order valence-electron chi connectivity index (χ3n) is 4.38. The summed E-state index contributed by atoms with van der Waals surface area (Å²) in [4.78, 5) is 29.7. The number of rotatable bonds is 4. The molecule has 126 valence electrons. The zero-order valence-corrected chi connectivity index (χ0v) is 13.3. The predicted octanol–water partition coefficient (Wildman–Crippen LogP) is 2.13. The van der Waals surface area contributed by atoms with E-state index in [4.69, 9.17) is 0 Å². The summed E-state index contributed by atoms with van der Waals surface area (Å²) >= 11 is 0. The Labute approximate surface area is 138 Å². The fourth-order valence-electron chi connectivity index (χ4n) is 2.95. The van der Waals surface area contributed by atoms with Crippen molar-refractivity contribution in [1.82, 2.24) is 14.9 Å². The second-order valence-electron chi connectivity index (χ2n) is 6.09. The number of hydrogen-bond acceptors (Lipinski definition) is 3. The van der Waals surface area contributed by atoms with Crippen LogP contribution in [0.5, 0.6) is 0 Å². The van der Waals surface area contributed by atoms with Gasteiger partial charge in [-0.1, -0.05) is 30.4 Å². The number of nitrogens with one attached hydrogen (secondary N) is 2. The van der Waals surface area contributed by atoms with Gasteiger partial charge in [-0.05, 0) is 37.9 Å². The number of nitrogens with zero attached hydrogens (tertiary/aromatic N) is 1. The van der Waals surface area contributed by atoms with Gasteiger partial charge in [-0.2, -0.15) is 0 Å². The van der Waals surface area contributed by atoms with Crippen molar-refractivity contribution in [3.63, 3.8) is 0 Å². The van der Waals surface area contributed by atoms with Crippen molar-refractivity contribution in [3.8, 4) is 0 Å². The molecule has 0 radical (unpaired) electrons. The number of aromatic amines is 2. The van der Waals surface area contributed by atoms with E-state index in [9.17, 15) is 14.0 Å². The van der Waals surface area contributed by atoms with E-state index >= 15 is 0 Å². The Morgan fingerprint density at radius 3 is 2.67 bits per heavy atom. The molecule has 1 aliphatic heterocycles. The molecule has 2 heterocycles. The van der Waals surface area contributed by atoms with Crippen LogP contribution in [0, 0.1) is 11.7 Å². The lowest BCUT2D eigenvalue weighted by atomic mass is 9.95. The van der Waals surface area contributed by atoms with E-state index in [2.05, 4.69) is 20.9 Å². The smallest absolute Gasteiger partial charge is 0.314 e. The summed E-state index contributed by atoms with van der Waals surface area (Å²) in [6.45, 7) is 2.26. The van der Waals surface area contributed by atoms with Gasteiger partial charge in [0.1, 0.15) is 5.82 Å². The molecular formula is C18H20FN3O2. The van der Waals surface area contributed by atoms with E-state index in [-0.39, 0.29) is 11.4 Å². The molecule has 0 aliphatic carbocycles. The first-order valence-electron chi connectivity index (χ1n) is 8.08. The maximum Gasteiger partial charge on any atom is 0.325 e. The molecule has 1 fully saturated rings. The van der Waals surface area contributed by atoms with Crippen LogP contribution in [0.4, 0.5) is 4.39 Å². The molecule has 24 heavy (non-hydrogen) atoms. The van der Waals surface area contributed by atoms with Crippen LogP contribution in [0.3, 0.4) is 0 Å². The van der Waals surface area contributed by atoms with Crippen LogP contribution < -0.4 is 11.2 Å². The highest BCUT2D eigenvalue weighted by molar-refractivity contribution is 5.50. The van der Waals surface area contributed by atoms with Gasteiger partial charge >= 0.3 is 5.69 Å². The Balaban J connectivity index is 1.55. The zero-order valence-electron chi connectivity index (χ0n) is 13.3. The number of hydrogen-bond donors (Lipinski definition) is 2. The number of likely N-dealkylation sites (tertiary alicyclic amines) is 1. The maximum absolute atomic E-state index is 13.6. The van der Waals surface area contributed by atoms with Crippen molar-refractivity contribution < 1.29 is 4.39 Å². The second kappa shape index (κ2) is 7.40. The van der Waals surface area contributed by atoms with Crippen LogP contribution in [0.25, 0.3) is 6.08 Å². The summed E-state index contributed by atoms with van der Waals surface area (Å²) in [7, 11) is 0. The Bertz CT molecular complexity index is 832. The van der Waals surface area contributed by atoms with Gasteiger partial charge in [0.25, 0.3) is 5.56 Å². The van der Waals surface area contributed by atoms with Gasteiger partial charge in [-0.15, -0.1) is 0 Å². The van der Waals surface area contributed by atoms with Crippen molar-refractivity contribution >= 4 is 6.08 Å². The molecule has 6 heteroatoms. The van der Waals surface area contributed by atoms with Crippen LogP contribution in [0.15, 0.2) is 46.1 Å². The van der Waals surface area contributed by atoms with E-state index in [1.807, 2.05) is 12.1 Å². The largest absolute Gasteiger partial charge is 0.325 e. The normalized spacial score (nSPS) is 16.7. The molecule has 2 N–H and O–H groups in total. The number of benzene rings is 1. The van der Waals surface area contributed by atoms with Gasteiger partial charge in [0.15, 0.2) is 0 Å². The van der Waals surface area contributed by atoms with E-state index in [0.717, 1.165) is 25.9 Å². The summed E-state index contributed by atoms with van der Waals surface area (Å²) in [5.74, 6) is 0.207. The lowest BCUT2D eigenvalue weighted by Gasteiger charge is -2.30. The minimum Gasteiger partial charge on any atom is -0.314 e. The Hall–Kier alpha value is -2.47. The summed E-state index contributed by atoms with van der Waals surface area (Å²) in [6, 6.07) is 6.74. The molecule has 0 amide bonds. The zero-order chi connectivity index (χ0) is 16.9. The molecule has 0 spiro atoms. The van der Waals surface area contributed by atoms with Crippen molar-refractivity contribution in [1.29, 1.82) is 0 Å². The van der Waals surface area contributed by atoms with E-state index < -0.39 is 5.69 Å². The number of halogens is 1. The lowest BCUT2D eigenvalue weighted by Crippen LogP contribution is -2.35. The van der Waals surface area contributed by atoms with Crippen LogP contribution >= 0.6 is 0 Å². The van der Waals surface area contributed by atoms with E-state index in [1.54, 1.807) is 12.1 Å². The highest BCUT2D eigenvalue weighted by Crippen LogP contribution is 2.21. The molecule has 1 aliphatic rings. The van der Waals surface area contributed by atoms with Crippen molar-refractivity contribution in [3.05, 3.63) is 74.3 Å². The van der Waals surface area contributed by atoms with Gasteiger partial charge in [-0.3, -0.25) is 14.7 Å². The van der Waals surface area contributed by atoms with Crippen LogP contribution in [-0.2, 0) is 6.54 Å². The van der Waals surface area contributed by atoms with Crippen molar-refractivity contribution in [2.75, 3.05) is 13.1 Å². The minimum atomic E-state index is -0.485. The Morgan fingerprint density at radius 2 is 1.96 bits per heavy atom. The SMILES string of the molecule is O=c1[nH]cc(CN2CCC(C=Cc3ccccc3F)CC2)c(=O)[nH]1. The average molecular weight is 329 g/mol. The number of piperidine rings is 1. The topological polar surface area (TPSA) is 69.0 Å². The van der Waals surface area contributed by atoms with Crippen LogP contribution in [0.1, 0.15) is 24.0 Å². The molecule has 2 aromatic rings. The highest BCUT2D eigenvalue weighted by atomic mass is 19.1. The lowest BCUT2D eigenvalue weighted by molar-refractivity contribution is 0.195. The molecule has 1 aromatic carbocycles. The molecule has 3 rings (SSSR count). The van der Waals surface area contributed by atoms with Gasteiger partial charge in [0, 0.05) is 23.9 Å². The van der Waals surface area contributed by atoms with Crippen LogP contribution in [0.2, 0.25) is 0 Å². The molecule has 0 atom stereocenters. The first-order valence-corrected chi connectivity index (χ1v) is 8.08. The fourth-order valence-corrected chi connectivity index (χ4v) is 2.95. The van der Waals surface area contributed by atoms with Crippen molar-refractivity contribution in [2.24, 2.45) is 5.92 Å². The number of H-pyrrole nitrogens is 2. The number of allylic oxidation sites excluding steroid dienone is 1. The molecule has 0 bridgehead atoms. The predicted molar refractivity (Wildman–Crippen MR) is 91.1 cm³/mol. The Kier molecular flexibility index (Phi) is 5.05.